The van der Waals surface area contributed by atoms with E-state index in [0.29, 0.717) is 11.8 Å². The summed E-state index contributed by atoms with van der Waals surface area (Å²) in [6.45, 7) is 3.94. The Balaban J connectivity index is 1.03. The number of piperidine rings is 1. The molecule has 0 radical (unpaired) electrons. The highest BCUT2D eigenvalue weighted by molar-refractivity contribution is 5.87. The molecule has 5 nitrogen and oxygen atoms in total. The second kappa shape index (κ2) is 7.35. The molecule has 2 aromatic rings. The Labute approximate surface area is 183 Å². The van der Waals surface area contributed by atoms with E-state index in [-0.39, 0.29) is 17.9 Å². The molecule has 2 aliphatic carbocycles. The van der Waals surface area contributed by atoms with Crippen LogP contribution in [0.4, 0.5) is 0 Å². The average Bonchev–Trinajstić information content (AvgIpc) is 3.64. The van der Waals surface area contributed by atoms with Crippen LogP contribution in [0.3, 0.4) is 0 Å². The molecule has 2 saturated carbocycles. The van der Waals surface area contributed by atoms with Crippen molar-refractivity contribution < 1.29 is 14.6 Å². The summed E-state index contributed by atoms with van der Waals surface area (Å²) in [5.74, 6) is 1.94. The lowest BCUT2D eigenvalue weighted by Gasteiger charge is -2.28. The van der Waals surface area contributed by atoms with Gasteiger partial charge in [-0.05, 0) is 53.9 Å². The number of hydrogen-bond acceptors (Lipinski definition) is 4. The first-order chi connectivity index (χ1) is 15.1. The summed E-state index contributed by atoms with van der Waals surface area (Å²) in [4.78, 5) is 15.6. The van der Waals surface area contributed by atoms with E-state index in [0.717, 1.165) is 63.2 Å². The average molecular weight is 419 g/mol. The summed E-state index contributed by atoms with van der Waals surface area (Å²) in [7, 11) is 0. The minimum atomic E-state index is -1.38. The lowest BCUT2D eigenvalue weighted by molar-refractivity contribution is -0.143. The highest BCUT2D eigenvalue weighted by atomic mass is 16.5. The quantitative estimate of drug-likeness (QED) is 0.725. The third-order valence-electron chi connectivity index (χ3n) is 7.77. The second-order valence-electron chi connectivity index (χ2n) is 9.78. The summed E-state index contributed by atoms with van der Waals surface area (Å²) >= 11 is 0. The minimum Gasteiger partial charge on any atom is -0.493 e. The van der Waals surface area contributed by atoms with Gasteiger partial charge in [-0.15, -0.1) is 0 Å². The lowest BCUT2D eigenvalue weighted by atomic mass is 9.87. The van der Waals surface area contributed by atoms with Crippen molar-refractivity contribution in [3.05, 3.63) is 65.2 Å². The van der Waals surface area contributed by atoms with Gasteiger partial charge in [0, 0.05) is 38.0 Å². The molecule has 5 heteroatoms. The predicted octanol–water partition coefficient (Wildman–Crippen LogP) is 2.51. The molecule has 2 N–H and O–H groups in total. The number of carbonyl (C=O) groups is 1. The van der Waals surface area contributed by atoms with Crippen molar-refractivity contribution in [3.63, 3.8) is 0 Å². The molecule has 3 atom stereocenters. The summed E-state index contributed by atoms with van der Waals surface area (Å²) in [5.41, 5.74) is 2.06. The van der Waals surface area contributed by atoms with Gasteiger partial charge in [0.25, 0.3) is 5.91 Å². The molecular formula is C26H30N2O3. The van der Waals surface area contributed by atoms with Gasteiger partial charge >= 0.3 is 0 Å². The Hall–Kier alpha value is -2.37. The second-order valence-corrected chi connectivity index (χ2v) is 9.78. The first kappa shape index (κ1) is 19.3. The monoisotopic (exact) mass is 418 g/mol. The normalized spacial score (nSPS) is 28.4. The van der Waals surface area contributed by atoms with Crippen LogP contribution in [0.2, 0.25) is 0 Å². The molecule has 3 unspecified atom stereocenters. The van der Waals surface area contributed by atoms with Crippen LogP contribution in [0, 0.1) is 17.8 Å². The van der Waals surface area contributed by atoms with Crippen LogP contribution in [0.1, 0.15) is 29.5 Å². The van der Waals surface area contributed by atoms with E-state index < -0.39 is 5.60 Å². The fourth-order valence-corrected chi connectivity index (χ4v) is 5.70. The Kier molecular flexibility index (Phi) is 4.58. The summed E-state index contributed by atoms with van der Waals surface area (Å²) in [6.07, 6.45) is 3.91. The number of amides is 1. The zero-order chi connectivity index (χ0) is 21.0. The Morgan fingerprint density at radius 1 is 1.13 bits per heavy atom. The lowest BCUT2D eigenvalue weighted by Crippen LogP contribution is -2.48. The van der Waals surface area contributed by atoms with Crippen LogP contribution in [-0.4, -0.2) is 48.2 Å². The van der Waals surface area contributed by atoms with E-state index in [2.05, 4.69) is 28.4 Å². The highest BCUT2D eigenvalue weighted by Crippen LogP contribution is 2.49. The van der Waals surface area contributed by atoms with Crippen LogP contribution in [0.25, 0.3) is 0 Å². The van der Waals surface area contributed by atoms with Crippen molar-refractivity contribution in [3.8, 4) is 5.75 Å². The summed E-state index contributed by atoms with van der Waals surface area (Å²) in [5, 5.41) is 14.5. The molecule has 2 aliphatic heterocycles. The summed E-state index contributed by atoms with van der Waals surface area (Å²) < 4.78 is 5.60. The number of hydrogen-bond donors (Lipinski definition) is 2. The van der Waals surface area contributed by atoms with Gasteiger partial charge in [0.2, 0.25) is 0 Å². The fraction of sp³-hybridized carbons (Fsp3) is 0.500. The Morgan fingerprint density at radius 2 is 1.90 bits per heavy atom. The zero-order valence-corrected chi connectivity index (χ0v) is 17.8. The smallest absolute Gasteiger partial charge is 0.257 e. The molecule has 0 bridgehead atoms. The number of benzene rings is 2. The van der Waals surface area contributed by atoms with Crippen molar-refractivity contribution in [1.82, 2.24) is 10.2 Å². The van der Waals surface area contributed by atoms with Gasteiger partial charge in [-0.1, -0.05) is 42.5 Å². The molecule has 2 heterocycles. The number of rotatable bonds is 7. The summed E-state index contributed by atoms with van der Waals surface area (Å²) in [6, 6.07) is 16.3. The van der Waals surface area contributed by atoms with E-state index in [1.54, 1.807) is 0 Å². The third kappa shape index (κ3) is 3.44. The molecule has 162 valence electrons. The van der Waals surface area contributed by atoms with Crippen LogP contribution in [0.5, 0.6) is 5.75 Å². The maximum absolute atomic E-state index is 13.1. The maximum atomic E-state index is 13.1. The maximum Gasteiger partial charge on any atom is 0.257 e. The predicted molar refractivity (Wildman–Crippen MR) is 118 cm³/mol. The molecule has 4 aliphatic rings. The van der Waals surface area contributed by atoms with Crippen molar-refractivity contribution in [2.45, 2.75) is 37.3 Å². The molecule has 1 saturated heterocycles. The van der Waals surface area contributed by atoms with Gasteiger partial charge in [0.05, 0.1) is 6.61 Å². The number of nitrogens with one attached hydrogen (secondary N) is 1. The van der Waals surface area contributed by atoms with Crippen LogP contribution < -0.4 is 10.1 Å². The number of nitrogens with zero attached hydrogens (tertiary/aromatic N) is 1. The van der Waals surface area contributed by atoms with E-state index in [9.17, 15) is 9.90 Å². The van der Waals surface area contributed by atoms with Gasteiger partial charge in [0.15, 0.2) is 5.60 Å². The molecule has 6 rings (SSSR count). The number of ether oxygens (including phenoxy) is 1. The topological polar surface area (TPSA) is 61.8 Å². The van der Waals surface area contributed by atoms with Gasteiger partial charge in [-0.25, -0.2) is 0 Å². The SMILES string of the molecule is O=C(NC1C2CN(CCc3ccc4c(c3)CCO4)CC21)C(O)(c1ccccc1)C1CC1. The van der Waals surface area contributed by atoms with Gasteiger partial charge in [-0.3, -0.25) is 4.79 Å². The standard InChI is InChI=1S/C26H30N2O3/c29-25(26(30,20-7-8-20)19-4-2-1-3-5-19)27-24-21-15-28(16-22(21)24)12-10-17-6-9-23-18(14-17)11-13-31-23/h1-6,9,14,20-22,24,30H,7-8,10-13,15-16H2,(H,27,29). The molecule has 3 fully saturated rings. The molecule has 1 amide bonds. The molecule has 31 heavy (non-hydrogen) atoms. The van der Waals surface area contributed by atoms with Gasteiger partial charge in [-0.2, -0.15) is 0 Å². The number of carbonyl (C=O) groups excluding carboxylic acids is 1. The number of aliphatic hydroxyl groups is 1. The van der Waals surface area contributed by atoms with Gasteiger partial charge in [0.1, 0.15) is 5.75 Å². The first-order valence-corrected chi connectivity index (χ1v) is 11.7. The van der Waals surface area contributed by atoms with E-state index >= 15 is 0 Å². The highest BCUT2D eigenvalue weighted by Gasteiger charge is 2.59. The van der Waals surface area contributed by atoms with E-state index in [4.69, 9.17) is 4.74 Å². The Morgan fingerprint density at radius 3 is 2.65 bits per heavy atom. The van der Waals surface area contributed by atoms with Crippen LogP contribution in [-0.2, 0) is 23.2 Å². The largest absolute Gasteiger partial charge is 0.493 e. The van der Waals surface area contributed by atoms with Gasteiger partial charge < -0.3 is 20.1 Å². The van der Waals surface area contributed by atoms with Crippen molar-refractivity contribution in [2.75, 3.05) is 26.2 Å². The van der Waals surface area contributed by atoms with Crippen LogP contribution in [0.15, 0.2) is 48.5 Å². The number of likely N-dealkylation sites (tertiary alicyclic amines) is 1. The van der Waals surface area contributed by atoms with Crippen LogP contribution >= 0.6 is 0 Å². The minimum absolute atomic E-state index is 0.0442. The van der Waals surface area contributed by atoms with E-state index in [1.807, 2.05) is 30.3 Å². The zero-order valence-electron chi connectivity index (χ0n) is 17.8. The third-order valence-corrected chi connectivity index (χ3v) is 7.77. The molecule has 0 spiro atoms. The first-order valence-electron chi connectivity index (χ1n) is 11.7. The number of fused-ring (bicyclic) bond motifs is 2. The fourth-order valence-electron chi connectivity index (χ4n) is 5.70. The molecular weight excluding hydrogens is 388 g/mol. The molecule has 0 aromatic heterocycles. The molecule has 2 aromatic carbocycles. The Bertz CT molecular complexity index is 977. The van der Waals surface area contributed by atoms with Crippen molar-refractivity contribution in [2.24, 2.45) is 17.8 Å². The van der Waals surface area contributed by atoms with Crippen molar-refractivity contribution in [1.29, 1.82) is 0 Å². The van der Waals surface area contributed by atoms with E-state index in [1.165, 1.54) is 11.1 Å². The van der Waals surface area contributed by atoms with Crippen molar-refractivity contribution >= 4 is 5.91 Å².